The number of morpholine rings is 1. The molecular weight excluding hydrogens is 452 g/mol. The van der Waals surface area contributed by atoms with Crippen molar-refractivity contribution in [3.05, 3.63) is 95.1 Å². The zero-order chi connectivity index (χ0) is 24.2. The topological polar surface area (TPSA) is 59.0 Å². The highest BCUT2D eigenvalue weighted by atomic mass is 19.2. The minimum atomic E-state index is -1.59. The predicted molar refractivity (Wildman–Crippen MR) is 125 cm³/mol. The molecule has 5 nitrogen and oxygen atoms in total. The van der Waals surface area contributed by atoms with Crippen LogP contribution in [0.25, 0.3) is 11.1 Å². The maximum absolute atomic E-state index is 14.5. The number of amides is 1. The molecule has 0 saturated carbocycles. The number of aliphatic hydroxyl groups is 1. The van der Waals surface area contributed by atoms with E-state index in [1.54, 1.807) is 4.90 Å². The zero-order valence-corrected chi connectivity index (χ0v) is 19.0. The molecule has 2 bridgehead atoms. The Kier molecular flexibility index (Phi) is 5.34. The van der Waals surface area contributed by atoms with E-state index in [0.29, 0.717) is 0 Å². The fraction of sp³-hybridized carbons (Fsp3) is 0.321. The van der Waals surface area contributed by atoms with Crippen LogP contribution in [-0.2, 0) is 15.1 Å². The van der Waals surface area contributed by atoms with Crippen LogP contribution in [0.4, 0.5) is 13.6 Å². The van der Waals surface area contributed by atoms with Gasteiger partial charge in [-0.3, -0.25) is 4.90 Å². The molecule has 2 heterocycles. The van der Waals surface area contributed by atoms with Gasteiger partial charge in [0.05, 0.1) is 30.9 Å². The van der Waals surface area contributed by atoms with E-state index in [-0.39, 0.29) is 44.1 Å². The van der Waals surface area contributed by atoms with Crippen LogP contribution in [0, 0.1) is 11.6 Å². The average Bonchev–Trinajstić information content (AvgIpc) is 3.17. The third-order valence-corrected chi connectivity index (χ3v) is 7.55. The van der Waals surface area contributed by atoms with Crippen molar-refractivity contribution in [3.8, 4) is 11.1 Å². The first kappa shape index (κ1) is 22.2. The summed E-state index contributed by atoms with van der Waals surface area (Å²) >= 11 is 0. The molecule has 1 amide bonds. The monoisotopic (exact) mass is 477 g/mol. The first-order valence-corrected chi connectivity index (χ1v) is 11.8. The molecule has 7 heteroatoms. The summed E-state index contributed by atoms with van der Waals surface area (Å²) < 4.78 is 39.9. The van der Waals surface area contributed by atoms with Crippen LogP contribution < -0.4 is 0 Å². The maximum Gasteiger partial charge on any atom is 0.410 e. The van der Waals surface area contributed by atoms with Gasteiger partial charge >= 0.3 is 6.09 Å². The summed E-state index contributed by atoms with van der Waals surface area (Å²) in [5.41, 5.74) is 2.87. The Bertz CT molecular complexity index is 1240. The van der Waals surface area contributed by atoms with Crippen LogP contribution >= 0.6 is 0 Å². The van der Waals surface area contributed by atoms with Crippen LogP contribution in [0.1, 0.15) is 35.4 Å². The number of halogens is 2. The highest BCUT2D eigenvalue weighted by molar-refractivity contribution is 5.79. The lowest BCUT2D eigenvalue weighted by molar-refractivity contribution is -0.137. The molecule has 1 aliphatic carbocycles. The molecule has 3 aromatic carbocycles. The molecular formula is C28H25F2NO4. The molecule has 2 atom stereocenters. The number of fused-ring (bicyclic) bond motifs is 5. The van der Waals surface area contributed by atoms with Crippen molar-refractivity contribution < 1.29 is 28.2 Å². The van der Waals surface area contributed by atoms with Crippen molar-refractivity contribution in [2.45, 2.75) is 36.4 Å². The van der Waals surface area contributed by atoms with Crippen LogP contribution in [0.15, 0.2) is 66.7 Å². The van der Waals surface area contributed by atoms with Crippen molar-refractivity contribution in [3.63, 3.8) is 0 Å². The molecule has 3 aromatic rings. The SMILES string of the molecule is O=C(OCC1c2ccccc2-c2ccccc21)N1C2COCC1CC(O)(c1cccc(F)c1F)C2. The summed E-state index contributed by atoms with van der Waals surface area (Å²) in [5, 5.41) is 11.3. The van der Waals surface area contributed by atoms with Gasteiger partial charge in [-0.05, 0) is 28.3 Å². The van der Waals surface area contributed by atoms with Crippen molar-refractivity contribution >= 4 is 6.09 Å². The average molecular weight is 478 g/mol. The third kappa shape index (κ3) is 3.61. The van der Waals surface area contributed by atoms with Gasteiger partial charge in [-0.25, -0.2) is 13.6 Å². The number of benzene rings is 3. The number of ether oxygens (including phenoxy) is 2. The molecule has 180 valence electrons. The van der Waals surface area contributed by atoms with E-state index >= 15 is 0 Å². The smallest absolute Gasteiger partial charge is 0.410 e. The fourth-order valence-electron chi connectivity index (χ4n) is 6.03. The van der Waals surface area contributed by atoms with Gasteiger partial charge in [-0.15, -0.1) is 0 Å². The molecule has 6 rings (SSSR count). The molecule has 35 heavy (non-hydrogen) atoms. The Morgan fingerprint density at radius 2 is 1.54 bits per heavy atom. The van der Waals surface area contributed by atoms with Crippen molar-refractivity contribution in [2.75, 3.05) is 19.8 Å². The number of piperidine rings is 1. The summed E-state index contributed by atoms with van der Waals surface area (Å²) in [6, 6.07) is 19.0. The van der Waals surface area contributed by atoms with Gasteiger partial charge in [-0.1, -0.05) is 60.7 Å². The Morgan fingerprint density at radius 1 is 0.943 bits per heavy atom. The molecule has 3 aliphatic rings. The van der Waals surface area contributed by atoms with Gasteiger partial charge in [0.25, 0.3) is 0 Å². The van der Waals surface area contributed by atoms with Gasteiger partial charge in [0, 0.05) is 24.3 Å². The Labute approximate surface area is 201 Å². The number of carbonyl (C=O) groups excluding carboxylic acids is 1. The highest BCUT2D eigenvalue weighted by Crippen LogP contribution is 2.45. The lowest BCUT2D eigenvalue weighted by atomic mass is 9.76. The summed E-state index contributed by atoms with van der Waals surface area (Å²) in [4.78, 5) is 14.9. The molecule has 2 unspecified atom stereocenters. The summed E-state index contributed by atoms with van der Waals surface area (Å²) in [5.74, 6) is -2.12. The molecule has 2 aliphatic heterocycles. The molecule has 1 N–H and O–H groups in total. The first-order chi connectivity index (χ1) is 17.0. The molecule has 0 aromatic heterocycles. The molecule has 0 spiro atoms. The second-order valence-corrected chi connectivity index (χ2v) is 9.60. The second kappa shape index (κ2) is 8.43. The van der Waals surface area contributed by atoms with Crippen LogP contribution in [-0.4, -0.2) is 48.0 Å². The third-order valence-electron chi connectivity index (χ3n) is 7.55. The molecule has 0 radical (unpaired) electrons. The van der Waals surface area contributed by atoms with E-state index in [1.807, 2.05) is 24.3 Å². The summed E-state index contributed by atoms with van der Waals surface area (Å²) in [7, 11) is 0. The molecule has 2 fully saturated rings. The lowest BCUT2D eigenvalue weighted by Crippen LogP contribution is -2.62. The van der Waals surface area contributed by atoms with E-state index in [0.717, 1.165) is 28.3 Å². The number of hydrogen-bond donors (Lipinski definition) is 1. The van der Waals surface area contributed by atoms with Gasteiger partial charge in [-0.2, -0.15) is 0 Å². The second-order valence-electron chi connectivity index (χ2n) is 9.60. The molecule has 2 saturated heterocycles. The summed E-state index contributed by atoms with van der Waals surface area (Å²) in [6.07, 6.45) is -0.408. The standard InChI is InChI=1S/C28H25F2NO4/c29-25-11-5-10-24(26(25)30)28(33)12-17-14-34-15-18(13-28)31(17)27(32)35-16-23-21-8-3-1-6-19(21)20-7-2-4-9-22(20)23/h1-11,17-18,23,33H,12-16H2. The summed E-state index contributed by atoms with van der Waals surface area (Å²) in [6.45, 7) is 0.576. The van der Waals surface area contributed by atoms with Crippen LogP contribution in [0.2, 0.25) is 0 Å². The van der Waals surface area contributed by atoms with Gasteiger partial charge in [0.2, 0.25) is 0 Å². The zero-order valence-electron chi connectivity index (χ0n) is 19.0. The Hall–Kier alpha value is -3.29. The maximum atomic E-state index is 14.5. The minimum Gasteiger partial charge on any atom is -0.448 e. The quantitative estimate of drug-likeness (QED) is 0.579. The van der Waals surface area contributed by atoms with E-state index in [2.05, 4.69) is 24.3 Å². The number of carbonyl (C=O) groups is 1. The Balaban J connectivity index is 1.22. The van der Waals surface area contributed by atoms with E-state index < -0.39 is 35.4 Å². The normalized spacial score (nSPS) is 25.2. The van der Waals surface area contributed by atoms with Crippen LogP contribution in [0.3, 0.4) is 0 Å². The predicted octanol–water partition coefficient (Wildman–Crippen LogP) is 4.96. The number of rotatable bonds is 3. The largest absolute Gasteiger partial charge is 0.448 e. The van der Waals surface area contributed by atoms with Crippen molar-refractivity contribution in [1.82, 2.24) is 4.90 Å². The van der Waals surface area contributed by atoms with Gasteiger partial charge in [0.15, 0.2) is 11.6 Å². The lowest BCUT2D eigenvalue weighted by Gasteiger charge is -2.51. The number of nitrogens with zero attached hydrogens (tertiary/aromatic N) is 1. The highest BCUT2D eigenvalue weighted by Gasteiger charge is 2.50. The van der Waals surface area contributed by atoms with E-state index in [9.17, 15) is 18.7 Å². The fourth-order valence-corrected chi connectivity index (χ4v) is 6.03. The van der Waals surface area contributed by atoms with Crippen molar-refractivity contribution in [2.24, 2.45) is 0 Å². The van der Waals surface area contributed by atoms with E-state index in [1.165, 1.54) is 12.1 Å². The van der Waals surface area contributed by atoms with Crippen LogP contribution in [0.5, 0.6) is 0 Å². The van der Waals surface area contributed by atoms with Gasteiger partial charge < -0.3 is 14.6 Å². The number of hydrogen-bond acceptors (Lipinski definition) is 4. The van der Waals surface area contributed by atoms with Gasteiger partial charge in [0.1, 0.15) is 6.61 Å². The van der Waals surface area contributed by atoms with E-state index in [4.69, 9.17) is 9.47 Å². The minimum absolute atomic E-state index is 0.0358. The Morgan fingerprint density at radius 3 is 2.17 bits per heavy atom. The first-order valence-electron chi connectivity index (χ1n) is 11.8. The van der Waals surface area contributed by atoms with Crippen molar-refractivity contribution in [1.29, 1.82) is 0 Å².